The van der Waals surface area contributed by atoms with Crippen molar-refractivity contribution in [2.75, 3.05) is 7.11 Å². The van der Waals surface area contributed by atoms with E-state index >= 15 is 0 Å². The van der Waals surface area contributed by atoms with Crippen molar-refractivity contribution in [2.24, 2.45) is 0 Å². The Morgan fingerprint density at radius 3 is 2.58 bits per heavy atom. The second-order valence-corrected chi connectivity index (χ2v) is 5.51. The minimum atomic E-state index is 0.435. The number of methoxy groups -OCH3 is 1. The van der Waals surface area contributed by atoms with Crippen LogP contribution in [0.5, 0.6) is 5.75 Å². The van der Waals surface area contributed by atoms with Crippen molar-refractivity contribution in [1.82, 2.24) is 0 Å². The lowest BCUT2D eigenvalue weighted by atomic mass is 10.1. The van der Waals surface area contributed by atoms with Gasteiger partial charge in [0.2, 0.25) is 0 Å². The molecule has 3 heteroatoms. The molecule has 0 aromatic heterocycles. The van der Waals surface area contributed by atoms with Crippen LogP contribution in [-0.4, -0.2) is 7.11 Å². The normalized spacial score (nSPS) is 12.2. The fourth-order valence-corrected chi connectivity index (χ4v) is 2.51. The summed E-state index contributed by atoms with van der Waals surface area (Å²) in [6, 6.07) is 17.1. The van der Waals surface area contributed by atoms with E-state index in [1.807, 2.05) is 18.2 Å². The second kappa shape index (κ2) is 6.73. The van der Waals surface area contributed by atoms with Crippen molar-refractivity contribution in [3.05, 3.63) is 64.1 Å². The maximum absolute atomic E-state index is 5.40. The smallest absolute Gasteiger partial charge is 0.127 e. The van der Waals surface area contributed by atoms with E-state index in [1.165, 1.54) is 11.1 Å². The highest BCUT2D eigenvalue weighted by Gasteiger charge is 2.10. The standard InChI is InChI=1S/C16H18BrNO/c1-12(13-6-4-3-5-7-13)18-11-14-10-15(17)8-9-16(14)19-2/h3-10,12,18H,11H2,1-2H3/p+1/t12-/m1/s1. The van der Waals surface area contributed by atoms with Gasteiger partial charge in [-0.25, -0.2) is 0 Å². The van der Waals surface area contributed by atoms with Gasteiger partial charge in [-0.05, 0) is 25.1 Å². The van der Waals surface area contributed by atoms with Gasteiger partial charge in [0.15, 0.2) is 0 Å². The Morgan fingerprint density at radius 1 is 1.16 bits per heavy atom. The SMILES string of the molecule is COc1ccc(Br)cc1C[NH2+][C@H](C)c1ccccc1. The third-order valence-corrected chi connectivity index (χ3v) is 3.75. The van der Waals surface area contributed by atoms with E-state index in [1.54, 1.807) is 7.11 Å². The molecule has 2 rings (SSSR count). The second-order valence-electron chi connectivity index (χ2n) is 4.60. The number of rotatable bonds is 5. The van der Waals surface area contributed by atoms with Crippen LogP contribution in [-0.2, 0) is 6.54 Å². The number of ether oxygens (including phenoxy) is 1. The minimum absolute atomic E-state index is 0.435. The molecule has 0 saturated heterocycles. The van der Waals surface area contributed by atoms with Gasteiger partial charge < -0.3 is 10.1 Å². The van der Waals surface area contributed by atoms with Gasteiger partial charge in [0.25, 0.3) is 0 Å². The molecule has 0 amide bonds. The van der Waals surface area contributed by atoms with E-state index in [4.69, 9.17) is 4.74 Å². The van der Waals surface area contributed by atoms with Crippen LogP contribution in [0.3, 0.4) is 0 Å². The van der Waals surface area contributed by atoms with E-state index in [0.717, 1.165) is 16.8 Å². The number of quaternary nitrogens is 1. The van der Waals surface area contributed by atoms with Crippen LogP contribution in [0.2, 0.25) is 0 Å². The zero-order valence-electron chi connectivity index (χ0n) is 11.3. The fraction of sp³-hybridized carbons (Fsp3) is 0.250. The number of hydrogen-bond donors (Lipinski definition) is 1. The van der Waals surface area contributed by atoms with Crippen LogP contribution in [0.25, 0.3) is 0 Å². The van der Waals surface area contributed by atoms with E-state index in [2.05, 4.69) is 58.5 Å². The minimum Gasteiger partial charge on any atom is -0.496 e. The van der Waals surface area contributed by atoms with Crippen LogP contribution >= 0.6 is 15.9 Å². The topological polar surface area (TPSA) is 25.8 Å². The lowest BCUT2D eigenvalue weighted by Crippen LogP contribution is -2.83. The highest BCUT2D eigenvalue weighted by molar-refractivity contribution is 9.10. The van der Waals surface area contributed by atoms with Gasteiger partial charge in [-0.15, -0.1) is 0 Å². The molecule has 0 radical (unpaired) electrons. The molecule has 0 saturated carbocycles. The van der Waals surface area contributed by atoms with E-state index in [-0.39, 0.29) is 0 Å². The monoisotopic (exact) mass is 320 g/mol. The van der Waals surface area contributed by atoms with Crippen molar-refractivity contribution in [1.29, 1.82) is 0 Å². The van der Waals surface area contributed by atoms with E-state index < -0.39 is 0 Å². The maximum atomic E-state index is 5.40. The quantitative estimate of drug-likeness (QED) is 0.898. The molecule has 0 heterocycles. The lowest BCUT2D eigenvalue weighted by Gasteiger charge is -2.13. The summed E-state index contributed by atoms with van der Waals surface area (Å²) in [4.78, 5) is 0. The average Bonchev–Trinajstić information content (AvgIpc) is 2.46. The van der Waals surface area contributed by atoms with Gasteiger partial charge in [-0.2, -0.15) is 0 Å². The Kier molecular flexibility index (Phi) is 5.00. The summed E-state index contributed by atoms with van der Waals surface area (Å²) in [6.07, 6.45) is 0. The summed E-state index contributed by atoms with van der Waals surface area (Å²) in [5, 5.41) is 2.32. The summed E-state index contributed by atoms with van der Waals surface area (Å²) in [5.74, 6) is 0.944. The summed E-state index contributed by atoms with van der Waals surface area (Å²) in [7, 11) is 1.72. The lowest BCUT2D eigenvalue weighted by molar-refractivity contribution is -0.708. The molecular formula is C16H19BrNO+. The molecular weight excluding hydrogens is 302 g/mol. The van der Waals surface area contributed by atoms with Crippen LogP contribution < -0.4 is 10.1 Å². The maximum Gasteiger partial charge on any atom is 0.127 e. The largest absolute Gasteiger partial charge is 0.496 e. The van der Waals surface area contributed by atoms with Crippen molar-refractivity contribution in [3.63, 3.8) is 0 Å². The van der Waals surface area contributed by atoms with E-state index in [0.29, 0.717) is 6.04 Å². The number of halogens is 1. The molecule has 2 nitrogen and oxygen atoms in total. The molecule has 2 aromatic rings. The fourth-order valence-electron chi connectivity index (χ4n) is 2.10. The van der Waals surface area contributed by atoms with Gasteiger partial charge in [-0.3, -0.25) is 0 Å². The molecule has 19 heavy (non-hydrogen) atoms. The summed E-state index contributed by atoms with van der Waals surface area (Å²) < 4.78 is 6.48. The predicted molar refractivity (Wildman–Crippen MR) is 81.2 cm³/mol. The highest BCUT2D eigenvalue weighted by atomic mass is 79.9. The average molecular weight is 321 g/mol. The van der Waals surface area contributed by atoms with Crippen molar-refractivity contribution < 1.29 is 10.1 Å². The Morgan fingerprint density at radius 2 is 1.89 bits per heavy atom. The predicted octanol–water partition coefficient (Wildman–Crippen LogP) is 3.28. The van der Waals surface area contributed by atoms with Gasteiger partial charge >= 0.3 is 0 Å². The van der Waals surface area contributed by atoms with Crippen LogP contribution in [0, 0.1) is 0 Å². The van der Waals surface area contributed by atoms with Crippen molar-refractivity contribution >= 4 is 15.9 Å². The van der Waals surface area contributed by atoms with Gasteiger partial charge in [0, 0.05) is 15.6 Å². The third kappa shape index (κ3) is 3.82. The van der Waals surface area contributed by atoms with Crippen molar-refractivity contribution in [2.45, 2.75) is 19.5 Å². The number of nitrogens with two attached hydrogens (primary N) is 1. The van der Waals surface area contributed by atoms with Crippen LogP contribution in [0.15, 0.2) is 53.0 Å². The first kappa shape index (κ1) is 14.1. The molecule has 100 valence electrons. The first-order chi connectivity index (χ1) is 9.20. The number of hydrogen-bond acceptors (Lipinski definition) is 1. The molecule has 0 spiro atoms. The molecule has 0 fully saturated rings. The molecule has 2 aromatic carbocycles. The van der Waals surface area contributed by atoms with Crippen molar-refractivity contribution in [3.8, 4) is 5.75 Å². The Hall–Kier alpha value is -1.32. The highest BCUT2D eigenvalue weighted by Crippen LogP contribution is 2.22. The Bertz CT molecular complexity index is 528. The van der Waals surface area contributed by atoms with Gasteiger partial charge in [-0.1, -0.05) is 46.3 Å². The van der Waals surface area contributed by atoms with Crippen LogP contribution in [0.4, 0.5) is 0 Å². The summed E-state index contributed by atoms with van der Waals surface area (Å²) in [5.41, 5.74) is 2.55. The first-order valence-electron chi connectivity index (χ1n) is 6.41. The Labute approximate surface area is 122 Å². The molecule has 0 aliphatic carbocycles. The molecule has 0 unspecified atom stereocenters. The molecule has 1 atom stereocenters. The molecule has 0 aliphatic rings. The summed E-state index contributed by atoms with van der Waals surface area (Å²) in [6.45, 7) is 3.12. The zero-order valence-corrected chi connectivity index (χ0v) is 12.9. The molecule has 0 aliphatic heterocycles. The third-order valence-electron chi connectivity index (χ3n) is 3.26. The molecule has 2 N–H and O–H groups in total. The van der Waals surface area contributed by atoms with E-state index in [9.17, 15) is 0 Å². The zero-order chi connectivity index (χ0) is 13.7. The van der Waals surface area contributed by atoms with Gasteiger partial charge in [0.1, 0.15) is 18.3 Å². The number of benzene rings is 2. The molecule has 0 bridgehead atoms. The van der Waals surface area contributed by atoms with Crippen LogP contribution in [0.1, 0.15) is 24.1 Å². The van der Waals surface area contributed by atoms with Gasteiger partial charge in [0.05, 0.1) is 7.11 Å². The summed E-state index contributed by atoms with van der Waals surface area (Å²) >= 11 is 3.51. The first-order valence-corrected chi connectivity index (χ1v) is 7.20. The Balaban J connectivity index is 2.04.